The zero-order chi connectivity index (χ0) is 10.7. The van der Waals surface area contributed by atoms with E-state index in [1.54, 1.807) is 0 Å². The maximum absolute atomic E-state index is 5.51. The van der Waals surface area contributed by atoms with Crippen molar-refractivity contribution in [2.24, 2.45) is 0 Å². The molecule has 0 spiro atoms. The van der Waals surface area contributed by atoms with Crippen molar-refractivity contribution in [3.63, 3.8) is 0 Å². The number of nitrogens with zero attached hydrogens (tertiary/aromatic N) is 1. The van der Waals surface area contributed by atoms with Crippen molar-refractivity contribution in [1.82, 2.24) is 4.90 Å². The molecule has 1 aliphatic rings. The van der Waals surface area contributed by atoms with Crippen molar-refractivity contribution in [3.05, 3.63) is 35.9 Å². The molecule has 1 aromatic rings. The van der Waals surface area contributed by atoms with E-state index in [0.29, 0.717) is 0 Å². The zero-order valence-electron chi connectivity index (χ0n) is 9.98. The summed E-state index contributed by atoms with van der Waals surface area (Å²) in [6, 6.07) is 10.6. The average Bonchev–Trinajstić information content (AvgIpc) is 2.23. The van der Waals surface area contributed by atoms with Gasteiger partial charge in [0.1, 0.15) is 0 Å². The summed E-state index contributed by atoms with van der Waals surface area (Å²) in [7, 11) is 0. The van der Waals surface area contributed by atoms with Gasteiger partial charge in [0.25, 0.3) is 0 Å². The molecule has 2 rings (SSSR count). The third kappa shape index (κ3) is 3.21. The summed E-state index contributed by atoms with van der Waals surface area (Å²) in [6.45, 7) is 8.24. The highest BCUT2D eigenvalue weighted by atomic mass is 35.5. The third-order valence-electron chi connectivity index (χ3n) is 3.03. The van der Waals surface area contributed by atoms with E-state index in [0.717, 1.165) is 26.3 Å². The molecule has 0 N–H and O–H groups in total. The van der Waals surface area contributed by atoms with Crippen molar-refractivity contribution in [2.45, 2.75) is 25.9 Å². The Morgan fingerprint density at radius 2 is 1.94 bits per heavy atom. The summed E-state index contributed by atoms with van der Waals surface area (Å²) in [4.78, 5) is 2.49. The predicted octanol–water partition coefficient (Wildman–Crippen LogP) is 2.72. The number of hydrogen-bond acceptors (Lipinski definition) is 2. The van der Waals surface area contributed by atoms with E-state index < -0.39 is 0 Å². The zero-order valence-corrected chi connectivity index (χ0v) is 10.8. The van der Waals surface area contributed by atoms with Crippen LogP contribution in [0.4, 0.5) is 0 Å². The Morgan fingerprint density at radius 1 is 1.25 bits per heavy atom. The highest BCUT2D eigenvalue weighted by Gasteiger charge is 2.30. The van der Waals surface area contributed by atoms with E-state index in [9.17, 15) is 0 Å². The Bertz CT molecular complexity index is 313. The van der Waals surface area contributed by atoms with Crippen LogP contribution in [-0.2, 0) is 11.3 Å². The number of ether oxygens (including phenoxy) is 1. The Balaban J connectivity index is 0.00000128. The fourth-order valence-electron chi connectivity index (χ4n) is 1.99. The largest absolute Gasteiger partial charge is 0.378 e. The molecule has 1 saturated heterocycles. The van der Waals surface area contributed by atoms with Crippen LogP contribution < -0.4 is 0 Å². The van der Waals surface area contributed by atoms with Crippen LogP contribution in [0.2, 0.25) is 0 Å². The van der Waals surface area contributed by atoms with Gasteiger partial charge in [0.05, 0.1) is 13.2 Å². The van der Waals surface area contributed by atoms with Gasteiger partial charge >= 0.3 is 0 Å². The molecule has 0 radical (unpaired) electrons. The van der Waals surface area contributed by atoms with Gasteiger partial charge in [-0.1, -0.05) is 30.3 Å². The highest BCUT2D eigenvalue weighted by molar-refractivity contribution is 5.85. The monoisotopic (exact) mass is 241 g/mol. The lowest BCUT2D eigenvalue weighted by Gasteiger charge is -2.42. The Morgan fingerprint density at radius 3 is 2.56 bits per heavy atom. The van der Waals surface area contributed by atoms with Gasteiger partial charge < -0.3 is 4.74 Å². The van der Waals surface area contributed by atoms with Crippen LogP contribution in [0, 0.1) is 0 Å². The van der Waals surface area contributed by atoms with E-state index in [2.05, 4.69) is 49.1 Å². The van der Waals surface area contributed by atoms with Crippen LogP contribution in [0.1, 0.15) is 19.4 Å². The second kappa shape index (κ2) is 5.67. The summed E-state index contributed by atoms with van der Waals surface area (Å²) in [5, 5.41) is 0. The Hall–Kier alpha value is -0.570. The molecule has 0 unspecified atom stereocenters. The van der Waals surface area contributed by atoms with Gasteiger partial charge in [-0.2, -0.15) is 0 Å². The fourth-order valence-corrected chi connectivity index (χ4v) is 1.99. The van der Waals surface area contributed by atoms with Crippen molar-refractivity contribution in [2.75, 3.05) is 19.8 Å². The van der Waals surface area contributed by atoms with Gasteiger partial charge in [0, 0.05) is 18.6 Å². The lowest BCUT2D eigenvalue weighted by molar-refractivity contribution is -0.0552. The van der Waals surface area contributed by atoms with Crippen LogP contribution in [-0.4, -0.2) is 30.2 Å². The molecular formula is C13H20ClNO. The van der Waals surface area contributed by atoms with Gasteiger partial charge in [-0.25, -0.2) is 0 Å². The summed E-state index contributed by atoms with van der Waals surface area (Å²) in [5.74, 6) is 0. The molecule has 0 bridgehead atoms. The number of hydrogen-bond donors (Lipinski definition) is 0. The predicted molar refractivity (Wildman–Crippen MR) is 69.0 cm³/mol. The molecule has 1 aromatic carbocycles. The molecule has 0 aromatic heterocycles. The molecule has 1 aliphatic heterocycles. The summed E-state index contributed by atoms with van der Waals surface area (Å²) in [5.41, 5.74) is 1.54. The molecule has 1 heterocycles. The van der Waals surface area contributed by atoms with Gasteiger partial charge in [-0.15, -0.1) is 12.4 Å². The Kier molecular flexibility index (Phi) is 4.78. The molecule has 0 amide bonds. The summed E-state index contributed by atoms with van der Waals surface area (Å²) in [6.07, 6.45) is 0. The normalized spacial score (nSPS) is 20.1. The first-order valence-electron chi connectivity index (χ1n) is 5.55. The first-order valence-corrected chi connectivity index (χ1v) is 5.55. The molecular weight excluding hydrogens is 222 g/mol. The number of morpholine rings is 1. The number of rotatable bonds is 2. The third-order valence-corrected chi connectivity index (χ3v) is 3.03. The maximum atomic E-state index is 5.51. The Labute approximate surface area is 104 Å². The van der Waals surface area contributed by atoms with E-state index in [1.807, 2.05) is 0 Å². The molecule has 2 nitrogen and oxygen atoms in total. The molecule has 16 heavy (non-hydrogen) atoms. The lowest BCUT2D eigenvalue weighted by atomic mass is 10.0. The van der Waals surface area contributed by atoms with E-state index in [-0.39, 0.29) is 17.9 Å². The smallest absolute Gasteiger partial charge is 0.0645 e. The quantitative estimate of drug-likeness (QED) is 0.790. The van der Waals surface area contributed by atoms with Crippen LogP contribution in [0.3, 0.4) is 0 Å². The standard InChI is InChI=1S/C13H19NO.ClH/c1-13(2)11-15-9-8-14(13)10-12-6-4-3-5-7-12;/h3-7H,8-11H2,1-2H3;1H. The van der Waals surface area contributed by atoms with E-state index in [4.69, 9.17) is 4.74 Å². The lowest BCUT2D eigenvalue weighted by Crippen LogP contribution is -2.52. The maximum Gasteiger partial charge on any atom is 0.0645 e. The summed E-state index contributed by atoms with van der Waals surface area (Å²) < 4.78 is 5.51. The van der Waals surface area contributed by atoms with E-state index in [1.165, 1.54) is 5.56 Å². The minimum Gasteiger partial charge on any atom is -0.378 e. The minimum atomic E-state index is 0. The van der Waals surface area contributed by atoms with Crippen molar-refractivity contribution >= 4 is 12.4 Å². The number of benzene rings is 1. The first-order chi connectivity index (χ1) is 7.18. The second-order valence-corrected chi connectivity index (χ2v) is 4.77. The second-order valence-electron chi connectivity index (χ2n) is 4.77. The molecule has 90 valence electrons. The SMILES string of the molecule is CC1(C)COCCN1Cc1ccccc1.Cl. The summed E-state index contributed by atoms with van der Waals surface area (Å²) >= 11 is 0. The van der Waals surface area contributed by atoms with Gasteiger partial charge in [0.15, 0.2) is 0 Å². The van der Waals surface area contributed by atoms with Crippen molar-refractivity contribution < 1.29 is 4.74 Å². The molecule has 0 atom stereocenters. The molecule has 1 fully saturated rings. The van der Waals surface area contributed by atoms with Gasteiger partial charge in [-0.3, -0.25) is 4.90 Å². The van der Waals surface area contributed by atoms with Crippen LogP contribution >= 0.6 is 12.4 Å². The molecule has 0 saturated carbocycles. The first kappa shape index (κ1) is 13.5. The van der Waals surface area contributed by atoms with E-state index >= 15 is 0 Å². The van der Waals surface area contributed by atoms with Gasteiger partial charge in [0.2, 0.25) is 0 Å². The van der Waals surface area contributed by atoms with Crippen LogP contribution in [0.15, 0.2) is 30.3 Å². The van der Waals surface area contributed by atoms with Crippen LogP contribution in [0.5, 0.6) is 0 Å². The minimum absolute atomic E-state index is 0. The van der Waals surface area contributed by atoms with Crippen LogP contribution in [0.25, 0.3) is 0 Å². The number of halogens is 1. The highest BCUT2D eigenvalue weighted by Crippen LogP contribution is 2.21. The van der Waals surface area contributed by atoms with Crippen molar-refractivity contribution in [3.8, 4) is 0 Å². The average molecular weight is 242 g/mol. The van der Waals surface area contributed by atoms with Crippen molar-refractivity contribution in [1.29, 1.82) is 0 Å². The molecule has 3 heteroatoms. The molecule has 0 aliphatic carbocycles. The van der Waals surface area contributed by atoms with Gasteiger partial charge in [-0.05, 0) is 19.4 Å². The topological polar surface area (TPSA) is 12.5 Å². The fraction of sp³-hybridized carbons (Fsp3) is 0.538.